The zero-order valence-corrected chi connectivity index (χ0v) is 8.04. The smallest absolute Gasteiger partial charge is 0.343 e. The van der Waals surface area contributed by atoms with E-state index in [1.54, 1.807) is 30.3 Å². The third-order valence-corrected chi connectivity index (χ3v) is 2.15. The number of carbonyl (C=O) groups excluding carboxylic acids is 1. The van der Waals surface area contributed by atoms with Crippen LogP contribution in [0.3, 0.4) is 0 Å². The van der Waals surface area contributed by atoms with Gasteiger partial charge in [0.1, 0.15) is 5.76 Å². The predicted molar refractivity (Wildman–Crippen MR) is 54.7 cm³/mol. The average Bonchev–Trinajstić information content (AvgIpc) is 2.48. The normalized spacial score (nSPS) is 15.4. The minimum absolute atomic E-state index is 0.370. The summed E-state index contributed by atoms with van der Waals surface area (Å²) in [5.74, 6) is 0.131. The number of ether oxygens (including phenoxy) is 1. The monoisotopic (exact) mass is 206 g/mol. The summed E-state index contributed by atoms with van der Waals surface area (Å²) in [4.78, 5) is 11.0. The van der Waals surface area contributed by atoms with Gasteiger partial charge in [-0.2, -0.15) is 0 Å². The van der Waals surface area contributed by atoms with Crippen LogP contribution in [0.4, 0.5) is 0 Å². The van der Waals surface area contributed by atoms with Gasteiger partial charge in [-0.05, 0) is 30.3 Å². The summed E-state index contributed by atoms with van der Waals surface area (Å²) in [7, 11) is 0. The molecule has 0 atom stereocenters. The van der Waals surface area contributed by atoms with Gasteiger partial charge < -0.3 is 4.74 Å². The highest BCUT2D eigenvalue weighted by Crippen LogP contribution is 2.25. The molecule has 14 heavy (non-hydrogen) atoms. The number of halogens is 1. The Kier molecular flexibility index (Phi) is 2.14. The van der Waals surface area contributed by atoms with Gasteiger partial charge in [0.2, 0.25) is 0 Å². The number of hydrogen-bond donors (Lipinski definition) is 0. The van der Waals surface area contributed by atoms with Crippen LogP contribution in [0.15, 0.2) is 42.5 Å². The molecule has 0 aliphatic carbocycles. The molecular formula is C11H7ClO2. The van der Waals surface area contributed by atoms with Gasteiger partial charge in [-0.3, -0.25) is 0 Å². The molecule has 1 aliphatic heterocycles. The first-order chi connectivity index (χ1) is 6.66. The summed E-state index contributed by atoms with van der Waals surface area (Å²) >= 11 is 5.73. The van der Waals surface area contributed by atoms with E-state index in [9.17, 15) is 4.79 Å². The van der Waals surface area contributed by atoms with E-state index in [1.807, 2.05) is 0 Å². The molecule has 0 saturated carbocycles. The number of benzene rings is 1. The van der Waals surface area contributed by atoms with E-state index in [0.29, 0.717) is 16.4 Å². The molecule has 1 heterocycles. The average molecular weight is 207 g/mol. The molecule has 1 aliphatic rings. The molecule has 2 rings (SSSR count). The number of esters is 1. The van der Waals surface area contributed by atoms with Crippen molar-refractivity contribution in [2.45, 2.75) is 0 Å². The molecule has 1 aromatic rings. The van der Waals surface area contributed by atoms with Gasteiger partial charge in [-0.25, -0.2) is 4.79 Å². The third kappa shape index (κ3) is 1.56. The Labute approximate surface area is 86.4 Å². The fourth-order valence-electron chi connectivity index (χ4n) is 1.17. The molecule has 0 radical (unpaired) electrons. The van der Waals surface area contributed by atoms with Crippen LogP contribution in [0.2, 0.25) is 5.02 Å². The fraction of sp³-hybridized carbons (Fsp3) is 0. The highest BCUT2D eigenvalue weighted by Gasteiger charge is 2.19. The van der Waals surface area contributed by atoms with Crippen molar-refractivity contribution in [1.82, 2.24) is 0 Å². The van der Waals surface area contributed by atoms with Gasteiger partial charge in [0.05, 0.1) is 5.57 Å². The molecule has 0 N–H and O–H groups in total. The van der Waals surface area contributed by atoms with E-state index >= 15 is 0 Å². The van der Waals surface area contributed by atoms with Crippen molar-refractivity contribution in [3.63, 3.8) is 0 Å². The Morgan fingerprint density at radius 2 is 1.86 bits per heavy atom. The molecule has 0 unspecified atom stereocenters. The molecule has 0 amide bonds. The third-order valence-electron chi connectivity index (χ3n) is 1.90. The van der Waals surface area contributed by atoms with Crippen molar-refractivity contribution in [2.75, 3.05) is 0 Å². The Balaban J connectivity index is 2.34. The second-order valence-electron chi connectivity index (χ2n) is 2.93. The summed E-state index contributed by atoms with van der Waals surface area (Å²) in [5.41, 5.74) is 1.19. The van der Waals surface area contributed by atoms with Gasteiger partial charge in [0, 0.05) is 10.6 Å². The van der Waals surface area contributed by atoms with Crippen molar-refractivity contribution in [3.05, 3.63) is 53.1 Å². The van der Waals surface area contributed by atoms with E-state index in [-0.39, 0.29) is 0 Å². The SMILES string of the molecule is C=C1C=C(c2ccc(Cl)cc2)OC1=O. The standard InChI is InChI=1S/C11H7ClO2/c1-7-6-10(14-11(7)13)8-2-4-9(12)5-3-8/h2-6H,1H2. The van der Waals surface area contributed by atoms with Crippen LogP contribution in [0.25, 0.3) is 5.76 Å². The zero-order chi connectivity index (χ0) is 10.1. The van der Waals surface area contributed by atoms with E-state index in [4.69, 9.17) is 16.3 Å². The minimum Gasteiger partial charge on any atom is -0.422 e. The lowest BCUT2D eigenvalue weighted by atomic mass is 10.2. The molecule has 2 nitrogen and oxygen atoms in total. The highest BCUT2D eigenvalue weighted by atomic mass is 35.5. The zero-order valence-electron chi connectivity index (χ0n) is 7.29. The van der Waals surface area contributed by atoms with Crippen LogP contribution in [-0.4, -0.2) is 5.97 Å². The summed E-state index contributed by atoms with van der Waals surface area (Å²) < 4.78 is 4.98. The Morgan fingerprint density at radius 1 is 1.21 bits per heavy atom. The summed E-state index contributed by atoms with van der Waals surface area (Å²) in [6.45, 7) is 3.55. The predicted octanol–water partition coefficient (Wildman–Crippen LogP) is 2.79. The lowest BCUT2D eigenvalue weighted by Gasteiger charge is -2.00. The second-order valence-corrected chi connectivity index (χ2v) is 3.37. The topological polar surface area (TPSA) is 26.3 Å². The fourth-order valence-corrected chi connectivity index (χ4v) is 1.29. The summed E-state index contributed by atoms with van der Waals surface area (Å²) in [6, 6.07) is 7.07. The number of rotatable bonds is 1. The molecule has 0 spiro atoms. The minimum atomic E-state index is -0.394. The van der Waals surface area contributed by atoms with Crippen molar-refractivity contribution in [2.24, 2.45) is 0 Å². The number of hydrogen-bond acceptors (Lipinski definition) is 2. The second kappa shape index (κ2) is 3.31. The van der Waals surface area contributed by atoms with Gasteiger partial charge in [-0.1, -0.05) is 18.2 Å². The van der Waals surface area contributed by atoms with E-state index < -0.39 is 5.97 Å². The molecule has 3 heteroatoms. The van der Waals surface area contributed by atoms with Gasteiger partial charge >= 0.3 is 5.97 Å². The van der Waals surface area contributed by atoms with Gasteiger partial charge in [0.25, 0.3) is 0 Å². The van der Waals surface area contributed by atoms with Gasteiger partial charge in [-0.15, -0.1) is 0 Å². The van der Waals surface area contributed by atoms with Crippen LogP contribution in [0.5, 0.6) is 0 Å². The first-order valence-electron chi connectivity index (χ1n) is 4.05. The lowest BCUT2D eigenvalue weighted by Crippen LogP contribution is -1.95. The maximum atomic E-state index is 11.0. The Morgan fingerprint density at radius 3 is 2.36 bits per heavy atom. The van der Waals surface area contributed by atoms with Crippen molar-refractivity contribution in [3.8, 4) is 0 Å². The Hall–Kier alpha value is -1.54. The number of carbonyl (C=O) groups is 1. The van der Waals surface area contributed by atoms with Crippen LogP contribution >= 0.6 is 11.6 Å². The van der Waals surface area contributed by atoms with Crippen molar-refractivity contribution in [1.29, 1.82) is 0 Å². The van der Waals surface area contributed by atoms with Crippen LogP contribution in [-0.2, 0) is 9.53 Å². The molecule has 70 valence electrons. The summed E-state index contributed by atoms with van der Waals surface area (Å²) in [5, 5.41) is 0.650. The lowest BCUT2D eigenvalue weighted by molar-refractivity contribution is -0.130. The molecule has 0 fully saturated rings. The largest absolute Gasteiger partial charge is 0.422 e. The van der Waals surface area contributed by atoms with Crippen molar-refractivity contribution >= 4 is 23.3 Å². The first-order valence-corrected chi connectivity index (χ1v) is 4.43. The van der Waals surface area contributed by atoms with E-state index in [0.717, 1.165) is 5.56 Å². The van der Waals surface area contributed by atoms with Crippen molar-refractivity contribution < 1.29 is 9.53 Å². The molecule has 0 bridgehead atoms. The van der Waals surface area contributed by atoms with Crippen LogP contribution in [0.1, 0.15) is 5.56 Å². The Bertz CT molecular complexity index is 429. The van der Waals surface area contributed by atoms with E-state index in [1.165, 1.54) is 0 Å². The maximum Gasteiger partial charge on any atom is 0.343 e. The quantitative estimate of drug-likeness (QED) is 0.522. The first kappa shape index (κ1) is 9.03. The molecule has 0 aromatic heterocycles. The van der Waals surface area contributed by atoms with Crippen LogP contribution in [0, 0.1) is 0 Å². The van der Waals surface area contributed by atoms with E-state index in [2.05, 4.69) is 6.58 Å². The van der Waals surface area contributed by atoms with Gasteiger partial charge in [0.15, 0.2) is 0 Å². The summed E-state index contributed by atoms with van der Waals surface area (Å²) in [6.07, 6.45) is 1.62. The molecular weight excluding hydrogens is 200 g/mol. The van der Waals surface area contributed by atoms with Crippen LogP contribution < -0.4 is 0 Å². The highest BCUT2D eigenvalue weighted by molar-refractivity contribution is 6.30. The molecule has 1 aromatic carbocycles. The molecule has 0 saturated heterocycles. The number of cyclic esters (lactones) is 1. The maximum absolute atomic E-state index is 11.0.